The van der Waals surface area contributed by atoms with Gasteiger partial charge >= 0.3 is 0 Å². The van der Waals surface area contributed by atoms with Crippen LogP contribution in [0.4, 0.5) is 0 Å². The molecule has 1 spiro atoms. The third-order valence-electron chi connectivity index (χ3n) is 7.83. The largest absolute Gasteiger partial charge is 0.379 e. The lowest BCUT2D eigenvalue weighted by atomic mass is 9.68. The molecule has 1 saturated carbocycles. The van der Waals surface area contributed by atoms with E-state index in [1.54, 1.807) is 0 Å². The molecule has 3 aliphatic rings. The second-order valence-electron chi connectivity index (χ2n) is 9.52. The maximum atomic E-state index is 6.40. The van der Waals surface area contributed by atoms with Gasteiger partial charge in [-0.3, -0.25) is 4.98 Å². The zero-order valence-electron chi connectivity index (χ0n) is 18.1. The molecule has 0 radical (unpaired) electrons. The minimum atomic E-state index is 0.0742. The minimum Gasteiger partial charge on any atom is -0.379 e. The van der Waals surface area contributed by atoms with Crippen LogP contribution in [-0.2, 0) is 21.3 Å². The number of nitrogens with one attached hydrogen (secondary N) is 1. The van der Waals surface area contributed by atoms with Gasteiger partial charge in [-0.15, -0.1) is 0 Å². The number of pyridine rings is 1. The molecule has 1 saturated heterocycles. The van der Waals surface area contributed by atoms with E-state index in [-0.39, 0.29) is 23.2 Å². The van der Waals surface area contributed by atoms with Crippen LogP contribution >= 0.6 is 0 Å². The average molecular weight is 407 g/mol. The normalized spacial score (nSPS) is 29.9. The van der Waals surface area contributed by atoms with E-state index in [0.717, 1.165) is 38.8 Å². The molecule has 1 aliphatic heterocycles. The molecular formula is C26H34N2O2. The van der Waals surface area contributed by atoms with Crippen LogP contribution in [0.3, 0.4) is 0 Å². The van der Waals surface area contributed by atoms with Gasteiger partial charge in [0.1, 0.15) is 0 Å². The molecule has 3 atom stereocenters. The van der Waals surface area contributed by atoms with E-state index in [1.165, 1.54) is 42.5 Å². The van der Waals surface area contributed by atoms with Crippen molar-refractivity contribution in [2.24, 2.45) is 0 Å². The van der Waals surface area contributed by atoms with Crippen molar-refractivity contribution in [1.29, 1.82) is 0 Å². The number of ether oxygens (including phenoxy) is 2. The molecule has 1 unspecified atom stereocenters. The molecule has 4 heteroatoms. The molecule has 1 aromatic heterocycles. The third kappa shape index (κ3) is 3.70. The second kappa shape index (κ2) is 8.41. The van der Waals surface area contributed by atoms with E-state index in [1.807, 2.05) is 19.4 Å². The van der Waals surface area contributed by atoms with Crippen LogP contribution < -0.4 is 5.32 Å². The Morgan fingerprint density at radius 2 is 1.93 bits per heavy atom. The van der Waals surface area contributed by atoms with E-state index in [0.29, 0.717) is 0 Å². The monoisotopic (exact) mass is 406 g/mol. The van der Waals surface area contributed by atoms with Crippen LogP contribution in [0, 0.1) is 0 Å². The van der Waals surface area contributed by atoms with Crippen LogP contribution in [0.1, 0.15) is 67.8 Å². The maximum absolute atomic E-state index is 6.40. The molecule has 5 rings (SSSR count). The van der Waals surface area contributed by atoms with Gasteiger partial charge in [0.15, 0.2) is 0 Å². The Morgan fingerprint density at radius 3 is 2.73 bits per heavy atom. The Bertz CT molecular complexity index is 849. The van der Waals surface area contributed by atoms with Gasteiger partial charge in [-0.2, -0.15) is 0 Å². The van der Waals surface area contributed by atoms with Crippen LogP contribution in [-0.4, -0.2) is 37.0 Å². The number of aromatic nitrogens is 1. The highest BCUT2D eigenvalue weighted by atomic mass is 16.5. The van der Waals surface area contributed by atoms with E-state index in [4.69, 9.17) is 14.5 Å². The van der Waals surface area contributed by atoms with Crippen molar-refractivity contribution in [3.05, 3.63) is 65.5 Å². The van der Waals surface area contributed by atoms with E-state index < -0.39 is 0 Å². The summed E-state index contributed by atoms with van der Waals surface area (Å²) in [5, 5.41) is 3.87. The van der Waals surface area contributed by atoms with Crippen molar-refractivity contribution in [3.8, 4) is 0 Å². The zero-order chi connectivity index (χ0) is 20.4. The van der Waals surface area contributed by atoms with Crippen molar-refractivity contribution in [1.82, 2.24) is 10.3 Å². The fourth-order valence-corrected chi connectivity index (χ4v) is 6.28. The zero-order valence-corrected chi connectivity index (χ0v) is 18.1. The fraction of sp³-hybridized carbons (Fsp3) is 0.577. The molecule has 1 aromatic carbocycles. The molecule has 4 nitrogen and oxygen atoms in total. The van der Waals surface area contributed by atoms with Crippen LogP contribution in [0.5, 0.6) is 0 Å². The standard InChI is InChI=1S/C26H34N2O2/c1-29-22-18-20-8-2-3-9-21(20)24(22)28-16-13-25(23-10-4-7-15-27-23)14-17-30-26(19-25)11-5-6-12-26/h2-4,7-10,15,22,24,28H,5-6,11-14,16-19H2,1H3/t22-,24-,25?/m1/s1. The van der Waals surface area contributed by atoms with Gasteiger partial charge < -0.3 is 14.8 Å². The van der Waals surface area contributed by atoms with E-state index >= 15 is 0 Å². The summed E-state index contributed by atoms with van der Waals surface area (Å²) in [6.45, 7) is 1.81. The predicted molar refractivity (Wildman–Crippen MR) is 119 cm³/mol. The molecule has 2 heterocycles. The number of methoxy groups -OCH3 is 1. The van der Waals surface area contributed by atoms with Gasteiger partial charge in [-0.1, -0.05) is 43.2 Å². The van der Waals surface area contributed by atoms with Gasteiger partial charge in [0.25, 0.3) is 0 Å². The van der Waals surface area contributed by atoms with E-state index in [9.17, 15) is 0 Å². The maximum Gasteiger partial charge on any atom is 0.0806 e. The summed E-state index contributed by atoms with van der Waals surface area (Å²) >= 11 is 0. The first kappa shape index (κ1) is 20.2. The predicted octanol–water partition coefficient (Wildman–Crippen LogP) is 4.73. The Hall–Kier alpha value is -1.75. The summed E-state index contributed by atoms with van der Waals surface area (Å²) in [6, 6.07) is 15.4. The number of fused-ring (bicyclic) bond motifs is 1. The molecule has 0 amide bonds. The number of rotatable bonds is 6. The van der Waals surface area contributed by atoms with Crippen molar-refractivity contribution in [3.63, 3.8) is 0 Å². The van der Waals surface area contributed by atoms with Crippen LogP contribution in [0.25, 0.3) is 0 Å². The quantitative estimate of drug-likeness (QED) is 0.753. The molecule has 0 bridgehead atoms. The van der Waals surface area contributed by atoms with Crippen LogP contribution in [0.2, 0.25) is 0 Å². The van der Waals surface area contributed by atoms with Crippen molar-refractivity contribution >= 4 is 0 Å². The Balaban J connectivity index is 1.35. The topological polar surface area (TPSA) is 43.4 Å². The van der Waals surface area contributed by atoms with E-state index in [2.05, 4.69) is 41.7 Å². The summed E-state index contributed by atoms with van der Waals surface area (Å²) < 4.78 is 12.2. The summed E-state index contributed by atoms with van der Waals surface area (Å²) in [5.74, 6) is 0. The lowest BCUT2D eigenvalue weighted by Crippen LogP contribution is -2.47. The highest BCUT2D eigenvalue weighted by Gasteiger charge is 2.48. The molecular weight excluding hydrogens is 372 g/mol. The van der Waals surface area contributed by atoms with Gasteiger partial charge in [-0.05, 0) is 61.9 Å². The summed E-state index contributed by atoms with van der Waals surface area (Å²) in [6.07, 6.45) is 11.4. The molecule has 1 N–H and O–H groups in total. The smallest absolute Gasteiger partial charge is 0.0806 e. The number of hydrogen-bond acceptors (Lipinski definition) is 4. The average Bonchev–Trinajstić information content (AvgIpc) is 3.39. The Kier molecular flexibility index (Phi) is 5.65. The van der Waals surface area contributed by atoms with Gasteiger partial charge in [0.2, 0.25) is 0 Å². The highest BCUT2D eigenvalue weighted by molar-refractivity contribution is 5.36. The van der Waals surface area contributed by atoms with Crippen molar-refractivity contribution in [2.75, 3.05) is 20.3 Å². The lowest BCUT2D eigenvalue weighted by Gasteiger charge is -2.46. The third-order valence-corrected chi connectivity index (χ3v) is 7.83. The van der Waals surface area contributed by atoms with Crippen molar-refractivity contribution < 1.29 is 9.47 Å². The number of hydrogen-bond donors (Lipinski definition) is 1. The molecule has 2 aliphatic carbocycles. The van der Waals surface area contributed by atoms with Crippen molar-refractivity contribution in [2.45, 2.75) is 74.5 Å². The summed E-state index contributed by atoms with van der Waals surface area (Å²) in [5.41, 5.74) is 4.23. The fourth-order valence-electron chi connectivity index (χ4n) is 6.28. The first-order valence-corrected chi connectivity index (χ1v) is 11.6. The first-order chi connectivity index (χ1) is 14.7. The minimum absolute atomic E-state index is 0.0742. The van der Waals surface area contributed by atoms with Gasteiger partial charge in [-0.25, -0.2) is 0 Å². The number of benzene rings is 1. The Morgan fingerprint density at radius 1 is 1.10 bits per heavy atom. The molecule has 160 valence electrons. The first-order valence-electron chi connectivity index (χ1n) is 11.6. The van der Waals surface area contributed by atoms with Crippen LogP contribution in [0.15, 0.2) is 48.7 Å². The lowest BCUT2D eigenvalue weighted by molar-refractivity contribution is -0.104. The molecule has 2 fully saturated rings. The summed E-state index contributed by atoms with van der Waals surface area (Å²) in [4.78, 5) is 4.84. The molecule has 30 heavy (non-hydrogen) atoms. The Labute approximate surface area is 180 Å². The highest BCUT2D eigenvalue weighted by Crippen LogP contribution is 2.49. The van der Waals surface area contributed by atoms with Gasteiger partial charge in [0, 0.05) is 37.4 Å². The molecule has 2 aromatic rings. The number of nitrogens with zero attached hydrogens (tertiary/aromatic N) is 1. The van der Waals surface area contributed by atoms with Gasteiger partial charge in [0.05, 0.1) is 17.7 Å². The SMILES string of the molecule is CO[C@@H]1Cc2ccccc2[C@H]1NCCC1(c2ccccn2)CCOC2(CCCC2)C1. The summed E-state index contributed by atoms with van der Waals surface area (Å²) in [7, 11) is 1.84. The second-order valence-corrected chi connectivity index (χ2v) is 9.52.